The molecule has 1 saturated heterocycles. The van der Waals surface area contributed by atoms with Crippen molar-refractivity contribution in [3.05, 3.63) is 48.0 Å². The Morgan fingerprint density at radius 1 is 1.00 bits per heavy atom. The number of ether oxygens (including phenoxy) is 3. The van der Waals surface area contributed by atoms with E-state index in [1.54, 1.807) is 24.3 Å². The Labute approximate surface area is 200 Å². The number of hydrogen-bond acceptors (Lipinski definition) is 7. The normalized spacial score (nSPS) is 14.6. The van der Waals surface area contributed by atoms with Gasteiger partial charge in [0.25, 0.3) is 5.91 Å². The number of carbonyl (C=O) groups excluding carboxylic acids is 2. The Kier molecular flexibility index (Phi) is 8.89. The van der Waals surface area contributed by atoms with E-state index in [0.717, 1.165) is 25.7 Å². The average molecular weight is 491 g/mol. The van der Waals surface area contributed by atoms with E-state index in [1.165, 1.54) is 29.6 Å². The number of hydrogen-bond donors (Lipinski definition) is 1. The van der Waals surface area contributed by atoms with Crippen LogP contribution in [0.2, 0.25) is 0 Å². The second-order valence-corrected chi connectivity index (χ2v) is 9.67. The zero-order chi connectivity index (χ0) is 24.6. The summed E-state index contributed by atoms with van der Waals surface area (Å²) in [6, 6.07) is 11.0. The molecule has 1 amide bonds. The number of anilines is 1. The third kappa shape index (κ3) is 6.27. The predicted octanol–water partition coefficient (Wildman–Crippen LogP) is 3.45. The maximum atomic E-state index is 13.1. The summed E-state index contributed by atoms with van der Waals surface area (Å²) in [5, 5.41) is 2.64. The van der Waals surface area contributed by atoms with Crippen molar-refractivity contribution in [2.75, 3.05) is 38.7 Å². The van der Waals surface area contributed by atoms with E-state index in [1.807, 2.05) is 6.92 Å². The number of carbonyl (C=O) groups is 2. The van der Waals surface area contributed by atoms with Crippen LogP contribution >= 0.6 is 0 Å². The summed E-state index contributed by atoms with van der Waals surface area (Å²) >= 11 is 0. The summed E-state index contributed by atoms with van der Waals surface area (Å²) in [4.78, 5) is 25.1. The summed E-state index contributed by atoms with van der Waals surface area (Å²) in [6.45, 7) is 2.58. The zero-order valence-corrected chi connectivity index (χ0v) is 20.2. The first kappa shape index (κ1) is 25.5. The van der Waals surface area contributed by atoms with Crippen molar-refractivity contribution in [2.24, 2.45) is 0 Å². The summed E-state index contributed by atoms with van der Waals surface area (Å²) in [5.41, 5.74) is 0.384. The molecule has 0 saturated carbocycles. The van der Waals surface area contributed by atoms with Gasteiger partial charge >= 0.3 is 5.97 Å². The first-order valence-electron chi connectivity index (χ1n) is 11.2. The number of amides is 1. The van der Waals surface area contributed by atoms with Crippen LogP contribution in [0.5, 0.6) is 11.5 Å². The smallest absolute Gasteiger partial charge is 0.342 e. The van der Waals surface area contributed by atoms with Gasteiger partial charge in [0.05, 0.1) is 24.3 Å². The van der Waals surface area contributed by atoms with Gasteiger partial charge < -0.3 is 19.5 Å². The Morgan fingerprint density at radius 3 is 2.38 bits per heavy atom. The molecule has 0 atom stereocenters. The number of sulfonamides is 1. The lowest BCUT2D eigenvalue weighted by Crippen LogP contribution is -2.32. The number of nitrogens with zero attached hydrogens (tertiary/aromatic N) is 1. The Hall–Kier alpha value is -3.11. The molecule has 0 radical (unpaired) electrons. The van der Waals surface area contributed by atoms with Crippen LogP contribution in [0.15, 0.2) is 47.4 Å². The van der Waals surface area contributed by atoms with E-state index in [-0.39, 0.29) is 16.2 Å². The summed E-state index contributed by atoms with van der Waals surface area (Å²) in [5.74, 6) is -0.773. The van der Waals surface area contributed by atoms with Gasteiger partial charge in [-0.15, -0.1) is 0 Å². The molecule has 1 heterocycles. The zero-order valence-electron chi connectivity index (χ0n) is 19.4. The molecule has 1 fully saturated rings. The monoisotopic (exact) mass is 490 g/mol. The van der Waals surface area contributed by atoms with Gasteiger partial charge in [0.15, 0.2) is 6.61 Å². The topological polar surface area (TPSA) is 111 Å². The van der Waals surface area contributed by atoms with Crippen molar-refractivity contribution < 1.29 is 32.2 Å². The lowest BCUT2D eigenvalue weighted by molar-refractivity contribution is -0.119. The minimum absolute atomic E-state index is 0.0164. The molecular formula is C24H30N2O7S. The van der Waals surface area contributed by atoms with E-state index in [4.69, 9.17) is 14.2 Å². The van der Waals surface area contributed by atoms with Crippen LogP contribution in [-0.4, -0.2) is 58.0 Å². The van der Waals surface area contributed by atoms with E-state index < -0.39 is 28.5 Å². The Morgan fingerprint density at radius 2 is 1.71 bits per heavy atom. The van der Waals surface area contributed by atoms with Crippen molar-refractivity contribution in [1.82, 2.24) is 4.31 Å². The molecule has 9 nitrogen and oxygen atoms in total. The largest absolute Gasteiger partial charge is 0.496 e. The number of nitrogens with one attached hydrogen (secondary N) is 1. The molecule has 0 bridgehead atoms. The van der Waals surface area contributed by atoms with Crippen LogP contribution in [0.4, 0.5) is 5.69 Å². The van der Waals surface area contributed by atoms with Gasteiger partial charge in [-0.3, -0.25) is 4.79 Å². The molecule has 0 aromatic heterocycles. The van der Waals surface area contributed by atoms with Gasteiger partial charge in [-0.2, -0.15) is 4.31 Å². The molecule has 1 aliphatic heterocycles. The van der Waals surface area contributed by atoms with E-state index >= 15 is 0 Å². The molecule has 2 aromatic rings. The highest BCUT2D eigenvalue weighted by molar-refractivity contribution is 7.89. The molecule has 0 unspecified atom stereocenters. The maximum Gasteiger partial charge on any atom is 0.342 e. The van der Waals surface area contributed by atoms with Crippen LogP contribution in [0.3, 0.4) is 0 Å². The van der Waals surface area contributed by atoms with Crippen LogP contribution in [0, 0.1) is 0 Å². The van der Waals surface area contributed by atoms with Crippen LogP contribution < -0.4 is 14.8 Å². The molecule has 1 N–H and O–H groups in total. The first-order chi connectivity index (χ1) is 16.4. The van der Waals surface area contributed by atoms with Crippen molar-refractivity contribution in [3.8, 4) is 11.5 Å². The molecule has 34 heavy (non-hydrogen) atoms. The summed E-state index contributed by atoms with van der Waals surface area (Å²) in [6.07, 6.45) is 3.57. The average Bonchev–Trinajstić information content (AvgIpc) is 3.14. The lowest BCUT2D eigenvalue weighted by atomic mass is 10.2. The number of benzene rings is 2. The van der Waals surface area contributed by atoms with Crippen LogP contribution in [0.25, 0.3) is 0 Å². The second-order valence-electron chi connectivity index (χ2n) is 7.73. The standard InChI is InChI=1S/C24H30N2O7S/c1-3-32-22-11-7-6-10-20(22)25-23(27)17-33-24(28)19-16-18(12-13-21(19)31-2)34(29,30)26-14-8-4-5-9-15-26/h6-7,10-13,16H,3-5,8-9,14-15,17H2,1-2H3,(H,25,27). The quantitative estimate of drug-likeness (QED) is 0.536. The van der Waals surface area contributed by atoms with Gasteiger partial charge in [-0.05, 0) is 50.1 Å². The molecule has 0 aliphatic carbocycles. The summed E-state index contributed by atoms with van der Waals surface area (Å²) in [7, 11) is -2.40. The predicted molar refractivity (Wildman–Crippen MR) is 127 cm³/mol. The van der Waals surface area contributed by atoms with Gasteiger partial charge in [0.2, 0.25) is 10.0 Å². The number of rotatable bonds is 9. The number of esters is 1. The van der Waals surface area contributed by atoms with Gasteiger partial charge in [0.1, 0.15) is 17.1 Å². The molecule has 10 heteroatoms. The maximum absolute atomic E-state index is 13.1. The molecule has 184 valence electrons. The lowest BCUT2D eigenvalue weighted by Gasteiger charge is -2.20. The van der Waals surface area contributed by atoms with E-state index in [2.05, 4.69) is 5.32 Å². The van der Waals surface area contributed by atoms with E-state index in [0.29, 0.717) is 31.1 Å². The van der Waals surface area contributed by atoms with Gasteiger partial charge in [0, 0.05) is 13.1 Å². The number of methoxy groups -OCH3 is 1. The van der Waals surface area contributed by atoms with Crippen molar-refractivity contribution >= 4 is 27.6 Å². The van der Waals surface area contributed by atoms with E-state index in [9.17, 15) is 18.0 Å². The highest BCUT2D eigenvalue weighted by Crippen LogP contribution is 2.27. The summed E-state index contributed by atoms with van der Waals surface area (Å²) < 4.78 is 43.5. The minimum Gasteiger partial charge on any atom is -0.496 e. The Bertz CT molecular complexity index is 1110. The number of para-hydroxylation sites is 2. The molecule has 0 spiro atoms. The van der Waals surface area contributed by atoms with Crippen LogP contribution in [-0.2, 0) is 19.6 Å². The third-order valence-corrected chi connectivity index (χ3v) is 7.28. The van der Waals surface area contributed by atoms with Crippen molar-refractivity contribution in [3.63, 3.8) is 0 Å². The van der Waals surface area contributed by atoms with Crippen molar-refractivity contribution in [1.29, 1.82) is 0 Å². The second kappa shape index (κ2) is 11.8. The fourth-order valence-electron chi connectivity index (χ4n) is 3.68. The Balaban J connectivity index is 1.72. The minimum atomic E-state index is -3.77. The molecular weight excluding hydrogens is 460 g/mol. The highest BCUT2D eigenvalue weighted by atomic mass is 32.2. The fourth-order valence-corrected chi connectivity index (χ4v) is 5.23. The third-order valence-electron chi connectivity index (χ3n) is 5.39. The molecule has 3 rings (SSSR count). The highest BCUT2D eigenvalue weighted by Gasteiger charge is 2.27. The van der Waals surface area contributed by atoms with Crippen LogP contribution in [0.1, 0.15) is 43.0 Å². The van der Waals surface area contributed by atoms with Gasteiger partial charge in [-0.1, -0.05) is 25.0 Å². The van der Waals surface area contributed by atoms with Crippen molar-refractivity contribution in [2.45, 2.75) is 37.5 Å². The molecule has 1 aliphatic rings. The first-order valence-corrected chi connectivity index (χ1v) is 12.7. The SMILES string of the molecule is CCOc1ccccc1NC(=O)COC(=O)c1cc(S(=O)(=O)N2CCCCCC2)ccc1OC. The molecule has 2 aromatic carbocycles. The fraction of sp³-hybridized carbons (Fsp3) is 0.417. The van der Waals surface area contributed by atoms with Gasteiger partial charge in [-0.25, -0.2) is 13.2 Å².